The Bertz CT molecular complexity index is 1270. The molecule has 166 valence electrons. The van der Waals surface area contributed by atoms with Crippen molar-refractivity contribution in [2.24, 2.45) is 0 Å². The number of carbonyl (C=O) groups is 2. The number of para-hydroxylation sites is 1. The summed E-state index contributed by atoms with van der Waals surface area (Å²) in [7, 11) is 0. The van der Waals surface area contributed by atoms with Gasteiger partial charge in [0, 0.05) is 28.4 Å². The minimum atomic E-state index is -0.161. The number of H-pyrrole nitrogens is 1. The summed E-state index contributed by atoms with van der Waals surface area (Å²) in [6.07, 6.45) is 5.73. The molecule has 0 unspecified atom stereocenters. The molecular formula is C27H26N4O2. The summed E-state index contributed by atoms with van der Waals surface area (Å²) >= 11 is 0. The molecule has 6 heteroatoms. The first-order valence-electron chi connectivity index (χ1n) is 11.4. The number of nitrogens with one attached hydrogen (secondary N) is 3. The van der Waals surface area contributed by atoms with Crippen molar-refractivity contribution in [2.75, 3.05) is 5.32 Å². The number of aromatic nitrogens is 2. The monoisotopic (exact) mass is 438 g/mol. The van der Waals surface area contributed by atoms with Gasteiger partial charge in [0.05, 0.1) is 11.0 Å². The van der Waals surface area contributed by atoms with Gasteiger partial charge in [0.15, 0.2) is 0 Å². The van der Waals surface area contributed by atoms with E-state index in [1.807, 2.05) is 60.7 Å². The first kappa shape index (κ1) is 20.9. The van der Waals surface area contributed by atoms with Gasteiger partial charge in [0.25, 0.3) is 11.8 Å². The van der Waals surface area contributed by atoms with Gasteiger partial charge in [-0.2, -0.15) is 0 Å². The summed E-state index contributed by atoms with van der Waals surface area (Å²) in [5, 5.41) is 6.04. The van der Waals surface area contributed by atoms with E-state index < -0.39 is 0 Å². The van der Waals surface area contributed by atoms with Crippen LogP contribution in [0.25, 0.3) is 22.4 Å². The van der Waals surface area contributed by atoms with Crippen LogP contribution < -0.4 is 10.6 Å². The van der Waals surface area contributed by atoms with Crippen molar-refractivity contribution in [3.05, 3.63) is 83.9 Å². The second kappa shape index (κ2) is 9.28. The maximum atomic E-state index is 12.7. The largest absolute Gasteiger partial charge is 0.349 e. The first-order valence-corrected chi connectivity index (χ1v) is 11.4. The Labute approximate surface area is 192 Å². The molecule has 1 heterocycles. The quantitative estimate of drug-likeness (QED) is 0.382. The number of benzene rings is 3. The van der Waals surface area contributed by atoms with E-state index >= 15 is 0 Å². The molecule has 5 rings (SSSR count). The summed E-state index contributed by atoms with van der Waals surface area (Å²) in [6.45, 7) is 0. The lowest BCUT2D eigenvalue weighted by atomic mass is 9.95. The van der Waals surface area contributed by atoms with Crippen LogP contribution in [0, 0.1) is 0 Å². The molecule has 6 nitrogen and oxygen atoms in total. The number of fused-ring (bicyclic) bond motifs is 1. The Morgan fingerprint density at radius 2 is 1.55 bits per heavy atom. The Morgan fingerprint density at radius 3 is 2.30 bits per heavy atom. The van der Waals surface area contributed by atoms with E-state index in [0.717, 1.165) is 35.1 Å². The summed E-state index contributed by atoms with van der Waals surface area (Å²) < 4.78 is 0. The zero-order chi connectivity index (χ0) is 22.6. The van der Waals surface area contributed by atoms with Gasteiger partial charge < -0.3 is 15.6 Å². The number of carbonyl (C=O) groups excluding carboxylic acids is 2. The average Bonchev–Trinajstić information content (AvgIpc) is 3.29. The third-order valence-electron chi connectivity index (χ3n) is 6.14. The SMILES string of the molecule is O=C(Nc1ccccc1)c1ccc(-c2nc3cc(C(=O)NC4CCCCC4)ccc3[nH]2)cc1. The van der Waals surface area contributed by atoms with Gasteiger partial charge in [0.1, 0.15) is 5.82 Å². The summed E-state index contributed by atoms with van der Waals surface area (Å²) in [5.41, 5.74) is 4.43. The fourth-order valence-electron chi connectivity index (χ4n) is 4.30. The minimum Gasteiger partial charge on any atom is -0.349 e. The van der Waals surface area contributed by atoms with Crippen LogP contribution in [0.15, 0.2) is 72.8 Å². The lowest BCUT2D eigenvalue weighted by Crippen LogP contribution is -2.36. The normalized spacial score (nSPS) is 14.2. The smallest absolute Gasteiger partial charge is 0.255 e. The first-order chi connectivity index (χ1) is 16.2. The predicted molar refractivity (Wildman–Crippen MR) is 130 cm³/mol. The van der Waals surface area contributed by atoms with E-state index in [4.69, 9.17) is 0 Å². The molecular weight excluding hydrogens is 412 g/mol. The number of amides is 2. The van der Waals surface area contributed by atoms with E-state index in [0.29, 0.717) is 17.0 Å². The third kappa shape index (κ3) is 4.80. The number of imidazole rings is 1. The molecule has 0 spiro atoms. The topological polar surface area (TPSA) is 86.9 Å². The van der Waals surface area contributed by atoms with Crippen molar-refractivity contribution in [1.29, 1.82) is 0 Å². The third-order valence-corrected chi connectivity index (χ3v) is 6.14. The summed E-state index contributed by atoms with van der Waals surface area (Å²) in [5.74, 6) is 0.498. The molecule has 2 amide bonds. The lowest BCUT2D eigenvalue weighted by molar-refractivity contribution is 0.0927. The molecule has 1 saturated carbocycles. The molecule has 0 atom stereocenters. The van der Waals surface area contributed by atoms with Gasteiger partial charge in [-0.25, -0.2) is 4.98 Å². The zero-order valence-corrected chi connectivity index (χ0v) is 18.3. The van der Waals surface area contributed by atoms with Crippen molar-refractivity contribution in [3.8, 4) is 11.4 Å². The number of anilines is 1. The molecule has 1 aliphatic carbocycles. The Hall–Kier alpha value is -3.93. The van der Waals surface area contributed by atoms with E-state index in [1.54, 1.807) is 12.1 Å². The lowest BCUT2D eigenvalue weighted by Gasteiger charge is -2.22. The maximum absolute atomic E-state index is 12.7. The van der Waals surface area contributed by atoms with Gasteiger partial charge in [0.2, 0.25) is 0 Å². The van der Waals surface area contributed by atoms with E-state index in [1.165, 1.54) is 19.3 Å². The average molecular weight is 439 g/mol. The number of nitrogens with zero attached hydrogens (tertiary/aromatic N) is 1. The van der Waals surface area contributed by atoms with Crippen molar-refractivity contribution in [1.82, 2.24) is 15.3 Å². The van der Waals surface area contributed by atoms with Crippen molar-refractivity contribution in [2.45, 2.75) is 38.1 Å². The highest BCUT2D eigenvalue weighted by Crippen LogP contribution is 2.23. The molecule has 0 aliphatic heterocycles. The second-order valence-electron chi connectivity index (χ2n) is 8.52. The highest BCUT2D eigenvalue weighted by atomic mass is 16.2. The van der Waals surface area contributed by atoms with Crippen LogP contribution in [0.4, 0.5) is 5.69 Å². The fourth-order valence-corrected chi connectivity index (χ4v) is 4.30. The molecule has 3 aromatic carbocycles. The van der Waals surface area contributed by atoms with Crippen molar-refractivity contribution < 1.29 is 9.59 Å². The molecule has 1 aromatic heterocycles. The van der Waals surface area contributed by atoms with Gasteiger partial charge in [-0.15, -0.1) is 0 Å². The second-order valence-corrected chi connectivity index (χ2v) is 8.52. The molecule has 0 radical (unpaired) electrons. The number of aromatic amines is 1. The van der Waals surface area contributed by atoms with Gasteiger partial charge >= 0.3 is 0 Å². The molecule has 0 saturated heterocycles. The van der Waals surface area contributed by atoms with Crippen molar-refractivity contribution >= 4 is 28.5 Å². The van der Waals surface area contributed by atoms with E-state index in [-0.39, 0.29) is 17.9 Å². The van der Waals surface area contributed by atoms with Crippen LogP contribution in [0.5, 0.6) is 0 Å². The summed E-state index contributed by atoms with van der Waals surface area (Å²) in [6, 6.07) is 22.5. The highest BCUT2D eigenvalue weighted by molar-refractivity contribution is 6.04. The van der Waals surface area contributed by atoms with Crippen molar-refractivity contribution in [3.63, 3.8) is 0 Å². The number of rotatable bonds is 5. The molecule has 4 aromatic rings. The van der Waals surface area contributed by atoms with Gasteiger partial charge in [-0.1, -0.05) is 49.6 Å². The Morgan fingerprint density at radius 1 is 0.818 bits per heavy atom. The Balaban J connectivity index is 1.30. The molecule has 1 aliphatic rings. The van der Waals surface area contributed by atoms with Crippen LogP contribution in [0.3, 0.4) is 0 Å². The maximum Gasteiger partial charge on any atom is 0.255 e. The van der Waals surface area contributed by atoms with Crippen LogP contribution in [0.2, 0.25) is 0 Å². The van der Waals surface area contributed by atoms with Crippen LogP contribution >= 0.6 is 0 Å². The number of hydrogen-bond donors (Lipinski definition) is 3. The van der Waals surface area contributed by atoms with Gasteiger partial charge in [-0.05, 0) is 55.3 Å². The summed E-state index contributed by atoms with van der Waals surface area (Å²) in [4.78, 5) is 33.1. The van der Waals surface area contributed by atoms with E-state index in [9.17, 15) is 9.59 Å². The highest BCUT2D eigenvalue weighted by Gasteiger charge is 2.17. The zero-order valence-electron chi connectivity index (χ0n) is 18.3. The Kier molecular flexibility index (Phi) is 5.89. The standard InChI is InChI=1S/C27H26N4O2/c32-26(28-21-7-3-1-4-8-21)19-13-11-18(12-14-19)25-30-23-16-15-20(17-24(23)31-25)27(33)29-22-9-5-2-6-10-22/h1,3-4,7-8,11-17,22H,2,5-6,9-10H2,(H,28,32)(H,29,33)(H,30,31). The molecule has 0 bridgehead atoms. The van der Waals surface area contributed by atoms with Crippen LogP contribution in [-0.4, -0.2) is 27.8 Å². The van der Waals surface area contributed by atoms with E-state index in [2.05, 4.69) is 20.6 Å². The van der Waals surface area contributed by atoms with Gasteiger partial charge in [-0.3, -0.25) is 9.59 Å². The minimum absolute atomic E-state index is 0.0397. The fraction of sp³-hybridized carbons (Fsp3) is 0.222. The molecule has 33 heavy (non-hydrogen) atoms. The molecule has 3 N–H and O–H groups in total. The van der Waals surface area contributed by atoms with Crippen LogP contribution in [0.1, 0.15) is 52.8 Å². The van der Waals surface area contributed by atoms with Crippen LogP contribution in [-0.2, 0) is 0 Å². The number of hydrogen-bond acceptors (Lipinski definition) is 3. The molecule has 1 fully saturated rings. The predicted octanol–water partition coefficient (Wildman–Crippen LogP) is 5.54.